The first kappa shape index (κ1) is 30.7. The minimum Gasteiger partial charge on any atom is -0.550 e. The first-order valence-electron chi connectivity index (χ1n) is 14.7. The number of benzene rings is 2. The number of hydrogen-bond donors (Lipinski definition) is 2. The molecule has 0 aliphatic carbocycles. The number of carbonyl (C=O) groups excluding carboxylic acids is 1. The third kappa shape index (κ3) is 11.2. The molecule has 37 heavy (non-hydrogen) atoms. The number of carbonyl (C=O) groups is 1. The van der Waals surface area contributed by atoms with Gasteiger partial charge >= 0.3 is 0 Å². The molecule has 1 unspecified atom stereocenters. The minimum atomic E-state index is -1.00. The molecule has 1 atom stereocenters. The van der Waals surface area contributed by atoms with Gasteiger partial charge in [0.15, 0.2) is 0 Å². The fraction of sp³-hybridized carbons (Fsp3) is 0.606. The number of aromatic hydroxyl groups is 2. The van der Waals surface area contributed by atoms with Gasteiger partial charge in [-0.3, -0.25) is 0 Å². The van der Waals surface area contributed by atoms with Crippen molar-refractivity contribution >= 4 is 5.97 Å². The number of phenolic OH excluding ortho intramolecular Hbond substituents is 2. The summed E-state index contributed by atoms with van der Waals surface area (Å²) in [4.78, 5) is 12.1. The van der Waals surface area contributed by atoms with E-state index in [0.717, 1.165) is 30.4 Å². The maximum atomic E-state index is 12.1. The van der Waals surface area contributed by atoms with Crippen LogP contribution in [-0.2, 0) is 10.2 Å². The largest absolute Gasteiger partial charge is 0.550 e. The van der Waals surface area contributed by atoms with Crippen LogP contribution < -0.4 is 5.11 Å². The molecule has 0 aliphatic heterocycles. The Balaban J connectivity index is 1.78. The molecule has 2 rings (SSSR count). The second-order valence-corrected chi connectivity index (χ2v) is 11.0. The normalized spacial score (nSPS) is 12.5. The summed E-state index contributed by atoms with van der Waals surface area (Å²) in [6.45, 7) is 4.30. The second kappa shape index (κ2) is 17.1. The van der Waals surface area contributed by atoms with Gasteiger partial charge in [0.2, 0.25) is 0 Å². The van der Waals surface area contributed by atoms with Crippen LogP contribution in [0, 0.1) is 5.92 Å². The maximum absolute atomic E-state index is 12.1. The average molecular weight is 510 g/mol. The summed E-state index contributed by atoms with van der Waals surface area (Å²) in [6.07, 6.45) is 18.9. The highest BCUT2D eigenvalue weighted by molar-refractivity contribution is 5.68. The van der Waals surface area contributed by atoms with Gasteiger partial charge in [-0.05, 0) is 54.2 Å². The van der Waals surface area contributed by atoms with Gasteiger partial charge in [-0.2, -0.15) is 0 Å². The summed E-state index contributed by atoms with van der Waals surface area (Å²) in [5.41, 5.74) is 1.29. The van der Waals surface area contributed by atoms with E-state index < -0.39 is 17.3 Å². The van der Waals surface area contributed by atoms with Crippen molar-refractivity contribution in [2.45, 2.75) is 122 Å². The molecule has 206 valence electrons. The Morgan fingerprint density at radius 1 is 0.676 bits per heavy atom. The molecule has 0 aromatic heterocycles. The Morgan fingerprint density at radius 2 is 1.03 bits per heavy atom. The molecule has 0 saturated heterocycles. The Hall–Kier alpha value is -2.49. The average Bonchev–Trinajstić information content (AvgIpc) is 2.88. The van der Waals surface area contributed by atoms with Crippen LogP contribution in [0.25, 0.3) is 0 Å². The van der Waals surface area contributed by atoms with Crippen LogP contribution in [0.2, 0.25) is 0 Å². The summed E-state index contributed by atoms with van der Waals surface area (Å²) < 4.78 is 0. The van der Waals surface area contributed by atoms with E-state index in [0.29, 0.717) is 12.8 Å². The molecule has 0 amide bonds. The van der Waals surface area contributed by atoms with Crippen LogP contribution in [0.3, 0.4) is 0 Å². The van der Waals surface area contributed by atoms with Crippen LogP contribution in [0.5, 0.6) is 11.5 Å². The SMILES string of the molecule is CCCCCCCCCCCCCCCCC(CC(C)(c1ccc(O)cc1)c1ccc(O)cc1)C(=O)[O-]. The van der Waals surface area contributed by atoms with Crippen molar-refractivity contribution in [2.75, 3.05) is 0 Å². The molecule has 4 nitrogen and oxygen atoms in total. The number of phenols is 2. The molecule has 0 spiro atoms. The van der Waals surface area contributed by atoms with Gasteiger partial charge in [-0.25, -0.2) is 0 Å². The number of rotatable bonds is 20. The lowest BCUT2D eigenvalue weighted by molar-refractivity contribution is -0.312. The molecule has 0 aliphatic rings. The highest BCUT2D eigenvalue weighted by Crippen LogP contribution is 2.40. The number of carboxylic acids is 1. The Bertz CT molecular complexity index is 827. The standard InChI is InChI=1S/C33H50O4/c1-3-4-5-6-7-8-9-10-11-12-13-14-15-16-17-27(32(36)37)26-33(2,28-18-22-30(34)23-19-28)29-20-24-31(35)25-21-29/h18-25,27,34-35H,3-17,26H2,1-2H3,(H,36,37)/p-1. The van der Waals surface area contributed by atoms with Crippen LogP contribution in [0.4, 0.5) is 0 Å². The van der Waals surface area contributed by atoms with Gasteiger partial charge in [0.05, 0.1) is 0 Å². The third-order valence-corrected chi connectivity index (χ3v) is 7.90. The first-order valence-corrected chi connectivity index (χ1v) is 14.7. The number of unbranched alkanes of at least 4 members (excludes halogenated alkanes) is 13. The third-order valence-electron chi connectivity index (χ3n) is 7.90. The van der Waals surface area contributed by atoms with E-state index in [2.05, 4.69) is 6.92 Å². The number of aliphatic carboxylic acids is 1. The molecular weight excluding hydrogens is 460 g/mol. The van der Waals surface area contributed by atoms with Gasteiger partial charge in [0.25, 0.3) is 0 Å². The van der Waals surface area contributed by atoms with E-state index in [1.807, 2.05) is 31.2 Å². The highest BCUT2D eigenvalue weighted by Gasteiger charge is 2.32. The van der Waals surface area contributed by atoms with Crippen LogP contribution in [0.15, 0.2) is 48.5 Å². The first-order chi connectivity index (χ1) is 17.9. The molecule has 4 heteroatoms. The lowest BCUT2D eigenvalue weighted by atomic mass is 9.69. The van der Waals surface area contributed by atoms with Gasteiger partial charge in [0.1, 0.15) is 11.5 Å². The molecule has 0 saturated carbocycles. The molecule has 0 bridgehead atoms. The van der Waals surface area contributed by atoms with Gasteiger partial charge in [-0.1, -0.05) is 128 Å². The molecule has 2 N–H and O–H groups in total. The summed E-state index contributed by atoms with van der Waals surface area (Å²) in [5, 5.41) is 31.6. The monoisotopic (exact) mass is 509 g/mol. The van der Waals surface area contributed by atoms with E-state index in [-0.39, 0.29) is 11.5 Å². The van der Waals surface area contributed by atoms with Crippen molar-refractivity contribution < 1.29 is 20.1 Å². The van der Waals surface area contributed by atoms with E-state index in [1.54, 1.807) is 24.3 Å². The fourth-order valence-corrected chi connectivity index (χ4v) is 5.44. The van der Waals surface area contributed by atoms with Crippen molar-refractivity contribution in [3.63, 3.8) is 0 Å². The van der Waals surface area contributed by atoms with Crippen molar-refractivity contribution in [3.8, 4) is 11.5 Å². The topological polar surface area (TPSA) is 80.6 Å². The zero-order valence-corrected chi connectivity index (χ0v) is 23.2. The molecule has 2 aromatic carbocycles. The fourth-order valence-electron chi connectivity index (χ4n) is 5.44. The lowest BCUT2D eigenvalue weighted by Crippen LogP contribution is -2.37. The summed E-state index contributed by atoms with van der Waals surface area (Å²) in [7, 11) is 0. The zero-order valence-electron chi connectivity index (χ0n) is 23.2. The quantitative estimate of drug-likeness (QED) is 0.177. The molecule has 0 heterocycles. The summed E-state index contributed by atoms with van der Waals surface area (Å²) in [6, 6.07) is 13.9. The second-order valence-electron chi connectivity index (χ2n) is 11.0. The van der Waals surface area contributed by atoms with Crippen LogP contribution in [0.1, 0.15) is 128 Å². The van der Waals surface area contributed by atoms with E-state index in [1.165, 1.54) is 70.6 Å². The van der Waals surface area contributed by atoms with E-state index >= 15 is 0 Å². The Labute approximate surface area is 225 Å². The van der Waals surface area contributed by atoms with Gasteiger partial charge in [0, 0.05) is 11.4 Å². The van der Waals surface area contributed by atoms with Crippen molar-refractivity contribution in [3.05, 3.63) is 59.7 Å². The van der Waals surface area contributed by atoms with E-state index in [4.69, 9.17) is 0 Å². The number of carboxylic acid groups (broad SMARTS) is 1. The van der Waals surface area contributed by atoms with Crippen LogP contribution >= 0.6 is 0 Å². The van der Waals surface area contributed by atoms with E-state index in [9.17, 15) is 20.1 Å². The van der Waals surface area contributed by atoms with Crippen molar-refractivity contribution in [2.24, 2.45) is 5.92 Å². The predicted molar refractivity (Wildman–Crippen MR) is 151 cm³/mol. The molecular formula is C33H49O4-. The smallest absolute Gasteiger partial charge is 0.115 e. The van der Waals surface area contributed by atoms with Crippen molar-refractivity contribution in [1.82, 2.24) is 0 Å². The lowest BCUT2D eigenvalue weighted by Gasteiger charge is -2.35. The maximum Gasteiger partial charge on any atom is 0.115 e. The Morgan fingerprint density at radius 3 is 1.38 bits per heavy atom. The zero-order chi connectivity index (χ0) is 26.9. The molecule has 0 fully saturated rings. The van der Waals surface area contributed by atoms with Gasteiger partial charge < -0.3 is 20.1 Å². The summed E-state index contributed by atoms with van der Waals surface area (Å²) in [5.74, 6) is -1.21. The highest BCUT2D eigenvalue weighted by atomic mass is 16.4. The Kier molecular flexibility index (Phi) is 14.2. The predicted octanol–water partition coefficient (Wildman–Crippen LogP) is 8.03. The molecule has 0 radical (unpaired) electrons. The van der Waals surface area contributed by atoms with Crippen LogP contribution in [-0.4, -0.2) is 16.2 Å². The van der Waals surface area contributed by atoms with Crippen molar-refractivity contribution in [1.29, 1.82) is 0 Å². The number of hydrogen-bond acceptors (Lipinski definition) is 4. The van der Waals surface area contributed by atoms with Gasteiger partial charge in [-0.15, -0.1) is 0 Å². The molecule has 2 aromatic rings. The minimum absolute atomic E-state index is 0.177. The summed E-state index contributed by atoms with van der Waals surface area (Å²) >= 11 is 0.